The van der Waals surface area contributed by atoms with Gasteiger partial charge in [-0.05, 0) is 42.6 Å². The molecule has 0 aliphatic carbocycles. The van der Waals surface area contributed by atoms with Gasteiger partial charge in [-0.3, -0.25) is 4.90 Å². The third kappa shape index (κ3) is 3.18. The van der Waals surface area contributed by atoms with Crippen LogP contribution in [0.1, 0.15) is 16.9 Å². The molecule has 0 atom stereocenters. The molecule has 3 nitrogen and oxygen atoms in total. The lowest BCUT2D eigenvalue weighted by atomic mass is 10.1. The van der Waals surface area contributed by atoms with E-state index in [2.05, 4.69) is 46.2 Å². The van der Waals surface area contributed by atoms with E-state index in [4.69, 9.17) is 4.42 Å². The summed E-state index contributed by atoms with van der Waals surface area (Å²) in [4.78, 5) is 2.29. The molecule has 0 amide bonds. The van der Waals surface area contributed by atoms with E-state index >= 15 is 0 Å². The maximum atomic E-state index is 6.06. The Morgan fingerprint density at radius 2 is 2.05 bits per heavy atom. The minimum atomic E-state index is 0.821. The molecule has 2 aromatic heterocycles. The van der Waals surface area contributed by atoms with Gasteiger partial charge in [0.15, 0.2) is 0 Å². The molecule has 0 bridgehead atoms. The van der Waals surface area contributed by atoms with Gasteiger partial charge in [0.2, 0.25) is 0 Å². The van der Waals surface area contributed by atoms with E-state index in [-0.39, 0.29) is 0 Å². The van der Waals surface area contributed by atoms with Crippen molar-refractivity contribution in [3.05, 3.63) is 58.0 Å². The molecule has 0 fully saturated rings. The van der Waals surface area contributed by atoms with Crippen molar-refractivity contribution in [2.75, 3.05) is 14.1 Å². The van der Waals surface area contributed by atoms with E-state index in [1.54, 1.807) is 11.3 Å². The highest BCUT2D eigenvalue weighted by Crippen LogP contribution is 2.27. The lowest BCUT2D eigenvalue weighted by molar-refractivity contribution is 0.290. The number of fused-ring (bicyclic) bond motifs is 1. The lowest BCUT2D eigenvalue weighted by Gasteiger charge is -2.15. The summed E-state index contributed by atoms with van der Waals surface area (Å²) < 4.78 is 6.06. The Kier molecular flexibility index (Phi) is 4.39. The fourth-order valence-corrected chi connectivity index (χ4v) is 3.30. The van der Waals surface area contributed by atoms with Crippen LogP contribution in [-0.4, -0.2) is 19.0 Å². The van der Waals surface area contributed by atoms with Crippen LogP contribution in [-0.2, 0) is 19.6 Å². The predicted molar refractivity (Wildman–Crippen MR) is 88.5 cm³/mol. The average Bonchev–Trinajstić information content (AvgIpc) is 3.08. The zero-order chi connectivity index (χ0) is 14.7. The maximum Gasteiger partial charge on any atom is 0.134 e. The van der Waals surface area contributed by atoms with Crippen LogP contribution in [0.5, 0.6) is 0 Å². The molecule has 0 radical (unpaired) electrons. The number of nitrogens with one attached hydrogen (secondary N) is 1. The summed E-state index contributed by atoms with van der Waals surface area (Å²) in [6.45, 7) is 2.60. The minimum absolute atomic E-state index is 0.821. The largest absolute Gasteiger partial charge is 0.459 e. The highest BCUT2D eigenvalue weighted by Gasteiger charge is 2.15. The van der Waals surface area contributed by atoms with Gasteiger partial charge in [0.05, 0.1) is 6.54 Å². The van der Waals surface area contributed by atoms with Crippen LogP contribution in [0.25, 0.3) is 11.0 Å². The van der Waals surface area contributed by atoms with Crippen LogP contribution in [0.15, 0.2) is 45.5 Å². The van der Waals surface area contributed by atoms with E-state index in [9.17, 15) is 0 Å². The third-order valence-electron chi connectivity index (χ3n) is 3.58. The first-order valence-electron chi connectivity index (χ1n) is 7.11. The predicted octanol–water partition coefficient (Wildman–Crippen LogP) is 3.85. The first kappa shape index (κ1) is 14.3. The van der Waals surface area contributed by atoms with Crippen LogP contribution >= 0.6 is 11.3 Å². The van der Waals surface area contributed by atoms with Crippen molar-refractivity contribution in [2.45, 2.75) is 19.6 Å². The third-order valence-corrected chi connectivity index (χ3v) is 4.31. The Hall–Kier alpha value is -1.62. The molecule has 0 aliphatic rings. The second kappa shape index (κ2) is 6.43. The molecule has 1 N–H and O–H groups in total. The SMILES string of the molecule is CNCc1c(CN(C)Cc2ccsc2)oc2ccccc12. The van der Waals surface area contributed by atoms with E-state index in [1.165, 1.54) is 16.5 Å². The molecule has 0 saturated carbocycles. The Balaban J connectivity index is 1.83. The number of hydrogen-bond donors (Lipinski definition) is 1. The van der Waals surface area contributed by atoms with Crippen molar-refractivity contribution in [1.29, 1.82) is 0 Å². The molecule has 1 aromatic carbocycles. The van der Waals surface area contributed by atoms with E-state index in [0.717, 1.165) is 31.0 Å². The fourth-order valence-electron chi connectivity index (χ4n) is 2.64. The van der Waals surface area contributed by atoms with Gasteiger partial charge in [-0.15, -0.1) is 0 Å². The Labute approximate surface area is 129 Å². The Morgan fingerprint density at radius 3 is 2.81 bits per heavy atom. The van der Waals surface area contributed by atoms with Crippen molar-refractivity contribution in [1.82, 2.24) is 10.2 Å². The minimum Gasteiger partial charge on any atom is -0.459 e. The second-order valence-corrected chi connectivity index (χ2v) is 6.11. The molecular weight excluding hydrogens is 280 g/mol. The summed E-state index contributed by atoms with van der Waals surface area (Å²) in [5, 5.41) is 8.78. The fraction of sp³-hybridized carbons (Fsp3) is 0.294. The van der Waals surface area contributed by atoms with Crippen molar-refractivity contribution in [3.63, 3.8) is 0 Å². The zero-order valence-electron chi connectivity index (χ0n) is 12.4. The lowest BCUT2D eigenvalue weighted by Crippen LogP contribution is -2.18. The second-order valence-electron chi connectivity index (χ2n) is 5.33. The van der Waals surface area contributed by atoms with Crippen LogP contribution in [0.4, 0.5) is 0 Å². The van der Waals surface area contributed by atoms with Crippen molar-refractivity contribution in [2.24, 2.45) is 0 Å². The summed E-state index contributed by atoms with van der Waals surface area (Å²) in [7, 11) is 4.11. The van der Waals surface area contributed by atoms with E-state index < -0.39 is 0 Å². The van der Waals surface area contributed by atoms with Gasteiger partial charge in [0.1, 0.15) is 11.3 Å². The maximum absolute atomic E-state index is 6.06. The van der Waals surface area contributed by atoms with Crippen molar-refractivity contribution >= 4 is 22.3 Å². The highest BCUT2D eigenvalue weighted by molar-refractivity contribution is 7.07. The molecule has 0 aliphatic heterocycles. The smallest absolute Gasteiger partial charge is 0.134 e. The number of rotatable bonds is 6. The topological polar surface area (TPSA) is 28.4 Å². The average molecular weight is 300 g/mol. The molecule has 2 heterocycles. The van der Waals surface area contributed by atoms with Crippen molar-refractivity contribution in [3.8, 4) is 0 Å². The molecule has 3 rings (SSSR count). The number of hydrogen-bond acceptors (Lipinski definition) is 4. The number of thiophene rings is 1. The van der Waals surface area contributed by atoms with Gasteiger partial charge in [-0.2, -0.15) is 11.3 Å². The number of nitrogens with zero attached hydrogens (tertiary/aromatic N) is 1. The molecule has 3 aromatic rings. The highest BCUT2D eigenvalue weighted by atomic mass is 32.1. The monoisotopic (exact) mass is 300 g/mol. The van der Waals surface area contributed by atoms with Gasteiger partial charge in [-0.1, -0.05) is 18.2 Å². The van der Waals surface area contributed by atoms with E-state index in [0.29, 0.717) is 0 Å². The summed E-state index contributed by atoms with van der Waals surface area (Å²) >= 11 is 1.74. The van der Waals surface area contributed by atoms with Gasteiger partial charge >= 0.3 is 0 Å². The molecule has 0 unspecified atom stereocenters. The Morgan fingerprint density at radius 1 is 1.19 bits per heavy atom. The standard InChI is InChI=1S/C17H20N2OS/c1-18-9-15-14-5-3-4-6-16(14)20-17(15)11-19(2)10-13-7-8-21-12-13/h3-8,12,18H,9-11H2,1-2H3. The van der Waals surface area contributed by atoms with Gasteiger partial charge in [0.25, 0.3) is 0 Å². The van der Waals surface area contributed by atoms with Crippen LogP contribution in [0.2, 0.25) is 0 Å². The molecule has 0 spiro atoms. The number of benzene rings is 1. The quantitative estimate of drug-likeness (QED) is 0.749. The number of furan rings is 1. The van der Waals surface area contributed by atoms with E-state index in [1.807, 2.05) is 19.2 Å². The Bertz CT molecular complexity index is 703. The first-order valence-corrected chi connectivity index (χ1v) is 8.05. The first-order chi connectivity index (χ1) is 10.3. The van der Waals surface area contributed by atoms with Gasteiger partial charge < -0.3 is 9.73 Å². The molecule has 21 heavy (non-hydrogen) atoms. The summed E-state index contributed by atoms with van der Waals surface area (Å²) in [5.41, 5.74) is 3.60. The van der Waals surface area contributed by atoms with Gasteiger partial charge in [-0.25, -0.2) is 0 Å². The van der Waals surface area contributed by atoms with Crippen LogP contribution < -0.4 is 5.32 Å². The van der Waals surface area contributed by atoms with Crippen LogP contribution in [0.3, 0.4) is 0 Å². The van der Waals surface area contributed by atoms with Gasteiger partial charge in [0, 0.05) is 24.0 Å². The summed E-state index contributed by atoms with van der Waals surface area (Å²) in [5.74, 6) is 1.06. The summed E-state index contributed by atoms with van der Waals surface area (Å²) in [6.07, 6.45) is 0. The summed E-state index contributed by atoms with van der Waals surface area (Å²) in [6, 6.07) is 10.4. The van der Waals surface area contributed by atoms with Crippen molar-refractivity contribution < 1.29 is 4.42 Å². The number of para-hydroxylation sites is 1. The molecule has 4 heteroatoms. The normalized spacial score (nSPS) is 11.6. The van der Waals surface area contributed by atoms with Crippen LogP contribution in [0, 0.1) is 0 Å². The molecular formula is C17H20N2OS. The zero-order valence-corrected chi connectivity index (χ0v) is 13.2. The molecule has 110 valence electrons. The molecule has 0 saturated heterocycles.